The van der Waals surface area contributed by atoms with E-state index >= 15 is 0 Å². The van der Waals surface area contributed by atoms with Crippen LogP contribution in [0, 0.1) is 13.8 Å². The molecule has 2 heterocycles. The normalized spacial score (nSPS) is 14.7. The van der Waals surface area contributed by atoms with Gasteiger partial charge in [0.15, 0.2) is 0 Å². The molecule has 0 spiro atoms. The minimum Gasteiger partial charge on any atom is -0.445 e. The number of morpholine rings is 1. The Morgan fingerprint density at radius 2 is 1.89 bits per heavy atom. The van der Waals surface area contributed by atoms with E-state index in [0.29, 0.717) is 32.9 Å². The third-order valence-electron chi connectivity index (χ3n) is 2.77. The van der Waals surface area contributed by atoms with Crippen molar-refractivity contribution in [2.24, 2.45) is 0 Å². The summed E-state index contributed by atoms with van der Waals surface area (Å²) in [6.07, 6.45) is -0.273. The van der Waals surface area contributed by atoms with E-state index in [2.05, 4.69) is 4.98 Å². The maximum atomic E-state index is 11.8. The van der Waals surface area contributed by atoms with E-state index < -0.39 is 0 Å². The zero-order chi connectivity index (χ0) is 13.0. The highest BCUT2D eigenvalue weighted by molar-refractivity contribution is 5.85. The van der Waals surface area contributed by atoms with Gasteiger partial charge in [-0.15, -0.1) is 12.4 Å². The van der Waals surface area contributed by atoms with Gasteiger partial charge in [-0.25, -0.2) is 4.79 Å². The fourth-order valence-electron chi connectivity index (χ4n) is 1.99. The number of nitrogens with zero attached hydrogens (tertiary/aromatic N) is 2. The van der Waals surface area contributed by atoms with Gasteiger partial charge in [-0.1, -0.05) is 0 Å². The van der Waals surface area contributed by atoms with Gasteiger partial charge in [-0.3, -0.25) is 4.98 Å². The largest absolute Gasteiger partial charge is 0.445 e. The fraction of sp³-hybridized carbons (Fsp3) is 0.538. The predicted molar refractivity (Wildman–Crippen MR) is 73.5 cm³/mol. The molecule has 1 amide bonds. The monoisotopic (exact) mass is 286 g/mol. The van der Waals surface area contributed by atoms with Crippen LogP contribution in [0.5, 0.6) is 0 Å². The molecule has 5 nitrogen and oxygen atoms in total. The molecule has 1 aliphatic rings. The first-order valence-electron chi connectivity index (χ1n) is 6.09. The molecule has 19 heavy (non-hydrogen) atoms. The van der Waals surface area contributed by atoms with Gasteiger partial charge in [-0.2, -0.15) is 0 Å². The van der Waals surface area contributed by atoms with Crippen LogP contribution >= 0.6 is 12.4 Å². The molecule has 1 fully saturated rings. The van der Waals surface area contributed by atoms with Crippen molar-refractivity contribution in [1.82, 2.24) is 9.88 Å². The van der Waals surface area contributed by atoms with Crippen molar-refractivity contribution < 1.29 is 14.3 Å². The Hall–Kier alpha value is -1.33. The van der Waals surface area contributed by atoms with Gasteiger partial charge >= 0.3 is 6.09 Å². The van der Waals surface area contributed by atoms with E-state index in [0.717, 1.165) is 17.0 Å². The smallest absolute Gasteiger partial charge is 0.410 e. The van der Waals surface area contributed by atoms with E-state index in [1.165, 1.54) is 0 Å². The Bertz CT molecular complexity index is 414. The Kier molecular flexibility index (Phi) is 6.05. The van der Waals surface area contributed by atoms with Crippen LogP contribution in [0.4, 0.5) is 4.79 Å². The van der Waals surface area contributed by atoms with Crippen molar-refractivity contribution in [2.75, 3.05) is 26.3 Å². The highest BCUT2D eigenvalue weighted by Crippen LogP contribution is 2.08. The van der Waals surface area contributed by atoms with Crippen molar-refractivity contribution in [3.63, 3.8) is 0 Å². The summed E-state index contributed by atoms with van der Waals surface area (Å²) in [5.41, 5.74) is 2.85. The number of amides is 1. The van der Waals surface area contributed by atoms with Crippen LogP contribution in [0.25, 0.3) is 0 Å². The number of halogens is 1. The lowest BCUT2D eigenvalue weighted by atomic mass is 10.2. The molecule has 1 aliphatic heterocycles. The molecule has 0 bridgehead atoms. The summed E-state index contributed by atoms with van der Waals surface area (Å²) >= 11 is 0. The molecular weight excluding hydrogens is 268 g/mol. The minimum absolute atomic E-state index is 0. The third-order valence-corrected chi connectivity index (χ3v) is 2.77. The number of pyridine rings is 1. The highest BCUT2D eigenvalue weighted by atomic mass is 35.5. The second-order valence-corrected chi connectivity index (χ2v) is 4.41. The summed E-state index contributed by atoms with van der Waals surface area (Å²) in [5.74, 6) is 0. The molecule has 0 atom stereocenters. The molecule has 1 aromatic rings. The summed E-state index contributed by atoms with van der Waals surface area (Å²) in [7, 11) is 0. The van der Waals surface area contributed by atoms with E-state index in [4.69, 9.17) is 9.47 Å². The fourth-order valence-corrected chi connectivity index (χ4v) is 1.99. The molecule has 106 valence electrons. The van der Waals surface area contributed by atoms with E-state index in [1.54, 1.807) is 4.90 Å². The van der Waals surface area contributed by atoms with Crippen molar-refractivity contribution >= 4 is 18.5 Å². The highest BCUT2D eigenvalue weighted by Gasteiger charge is 2.17. The van der Waals surface area contributed by atoms with Gasteiger partial charge in [0.05, 0.1) is 13.2 Å². The molecule has 0 radical (unpaired) electrons. The van der Waals surface area contributed by atoms with Crippen molar-refractivity contribution in [2.45, 2.75) is 20.5 Å². The number of rotatable bonds is 2. The quantitative estimate of drug-likeness (QED) is 0.835. The lowest BCUT2D eigenvalue weighted by molar-refractivity contribution is 0.0249. The number of aromatic nitrogens is 1. The number of ether oxygens (including phenoxy) is 2. The van der Waals surface area contributed by atoms with E-state index in [-0.39, 0.29) is 18.5 Å². The van der Waals surface area contributed by atoms with Gasteiger partial charge in [0.25, 0.3) is 0 Å². The molecular formula is C13H19ClN2O3. The topological polar surface area (TPSA) is 51.7 Å². The summed E-state index contributed by atoms with van der Waals surface area (Å²) in [6, 6.07) is 3.86. The predicted octanol–water partition coefficient (Wildman–Crippen LogP) is 2.09. The Balaban J connectivity index is 0.00000180. The average Bonchev–Trinajstić information content (AvgIpc) is 2.36. The summed E-state index contributed by atoms with van der Waals surface area (Å²) in [5, 5.41) is 0. The molecule has 1 saturated heterocycles. The van der Waals surface area contributed by atoms with Gasteiger partial charge in [0.1, 0.15) is 6.61 Å². The first-order chi connectivity index (χ1) is 8.65. The standard InChI is InChI=1S/C13H18N2O3.ClH/c1-10-7-12(8-11(2)14-10)9-18-13(16)15-3-5-17-6-4-15;/h7-8H,3-6,9H2,1-2H3;1H. The Morgan fingerprint density at radius 3 is 2.47 bits per heavy atom. The molecule has 0 unspecified atom stereocenters. The second-order valence-electron chi connectivity index (χ2n) is 4.41. The SMILES string of the molecule is Cc1cc(COC(=O)N2CCOCC2)cc(C)n1.Cl. The van der Waals surface area contributed by atoms with E-state index in [9.17, 15) is 4.79 Å². The molecule has 0 saturated carbocycles. The number of hydrogen-bond acceptors (Lipinski definition) is 4. The van der Waals surface area contributed by atoms with Gasteiger partial charge in [-0.05, 0) is 31.5 Å². The Labute approximate surface area is 119 Å². The van der Waals surface area contributed by atoms with Crippen molar-refractivity contribution in [1.29, 1.82) is 0 Å². The third kappa shape index (κ3) is 4.69. The van der Waals surface area contributed by atoms with Crippen LogP contribution in [0.1, 0.15) is 17.0 Å². The lowest BCUT2D eigenvalue weighted by Gasteiger charge is -2.25. The molecule has 6 heteroatoms. The first-order valence-corrected chi connectivity index (χ1v) is 6.09. The number of carbonyl (C=O) groups excluding carboxylic acids is 1. The number of carbonyl (C=O) groups is 1. The second kappa shape index (κ2) is 7.31. The molecule has 1 aromatic heterocycles. The minimum atomic E-state index is -0.273. The average molecular weight is 287 g/mol. The van der Waals surface area contributed by atoms with Crippen LogP contribution in [0.3, 0.4) is 0 Å². The van der Waals surface area contributed by atoms with Crippen molar-refractivity contribution in [3.05, 3.63) is 29.1 Å². The zero-order valence-corrected chi connectivity index (χ0v) is 12.0. The van der Waals surface area contributed by atoms with Crippen molar-refractivity contribution in [3.8, 4) is 0 Å². The molecule has 0 N–H and O–H groups in total. The summed E-state index contributed by atoms with van der Waals surface area (Å²) in [4.78, 5) is 17.7. The van der Waals surface area contributed by atoms with Crippen LogP contribution in [0.15, 0.2) is 12.1 Å². The Morgan fingerprint density at radius 1 is 1.32 bits per heavy atom. The summed E-state index contributed by atoms with van der Waals surface area (Å²) in [6.45, 7) is 6.53. The van der Waals surface area contributed by atoms with Crippen LogP contribution in [-0.4, -0.2) is 42.3 Å². The van der Waals surface area contributed by atoms with Crippen LogP contribution < -0.4 is 0 Å². The summed E-state index contributed by atoms with van der Waals surface area (Å²) < 4.78 is 10.5. The lowest BCUT2D eigenvalue weighted by Crippen LogP contribution is -2.40. The van der Waals surface area contributed by atoms with Gasteiger partial charge in [0.2, 0.25) is 0 Å². The van der Waals surface area contributed by atoms with Gasteiger partial charge < -0.3 is 14.4 Å². The van der Waals surface area contributed by atoms with Crippen LogP contribution in [0.2, 0.25) is 0 Å². The molecule has 0 aromatic carbocycles. The number of aryl methyl sites for hydroxylation is 2. The zero-order valence-electron chi connectivity index (χ0n) is 11.2. The maximum absolute atomic E-state index is 11.8. The molecule has 0 aliphatic carbocycles. The molecule has 2 rings (SSSR count). The van der Waals surface area contributed by atoms with Gasteiger partial charge in [0, 0.05) is 24.5 Å². The first kappa shape index (κ1) is 15.7. The van der Waals surface area contributed by atoms with Crippen LogP contribution in [-0.2, 0) is 16.1 Å². The number of hydrogen-bond donors (Lipinski definition) is 0. The van der Waals surface area contributed by atoms with E-state index in [1.807, 2.05) is 26.0 Å². The maximum Gasteiger partial charge on any atom is 0.410 e.